The maximum atomic E-state index is 7.44. The summed E-state index contributed by atoms with van der Waals surface area (Å²) in [4.78, 5) is 0. The Morgan fingerprint density at radius 2 is 0.439 bits per heavy atom. The Morgan fingerprint density at radius 3 is 0.561 bits per heavy atom. The van der Waals surface area contributed by atoms with Crippen LogP contribution >= 0.6 is 24.2 Å². The molecular formula is C48H70O5S2Si2. The molecule has 0 atom stereocenters. The molecule has 0 spiro atoms. The zero-order valence-electron chi connectivity index (χ0n) is 37.5. The van der Waals surface area contributed by atoms with Crippen molar-refractivity contribution in [2.45, 2.75) is 158 Å². The summed E-state index contributed by atoms with van der Waals surface area (Å²) in [6.07, 6.45) is 0. The van der Waals surface area contributed by atoms with Crippen LogP contribution in [0.4, 0.5) is 0 Å². The van der Waals surface area contributed by atoms with Crippen LogP contribution in [0, 0.1) is 0 Å². The monoisotopic (exact) mass is 846 g/mol. The number of hydrogen-bond donors (Lipinski definition) is 2. The third-order valence-corrected chi connectivity index (χ3v) is 17.1. The zero-order valence-corrected chi connectivity index (χ0v) is 41.3. The summed E-state index contributed by atoms with van der Waals surface area (Å²) in [5, 5.41) is 0. The lowest BCUT2D eigenvalue weighted by atomic mass is 9.94. The van der Waals surface area contributed by atoms with Crippen LogP contribution < -0.4 is 17.7 Å². The van der Waals surface area contributed by atoms with Gasteiger partial charge in [-0.25, -0.2) is 0 Å². The molecule has 0 unspecified atom stereocenters. The van der Waals surface area contributed by atoms with E-state index in [0.29, 0.717) is 0 Å². The molecule has 0 fully saturated rings. The van der Waals surface area contributed by atoms with Crippen LogP contribution in [0.3, 0.4) is 0 Å². The van der Waals surface area contributed by atoms with Gasteiger partial charge >= 0.3 is 15.9 Å². The van der Waals surface area contributed by atoms with Gasteiger partial charge in [-0.2, -0.15) is 0 Å². The zero-order chi connectivity index (χ0) is 42.6. The van der Waals surface area contributed by atoms with Crippen molar-refractivity contribution in [3.63, 3.8) is 0 Å². The molecule has 57 heavy (non-hydrogen) atoms. The topological polar surface area (TPSA) is 46.2 Å². The standard InChI is InChI=1S/C48H70O5S2Si2/c1-29(2)37-21-17-22-38(30(3)4)45(37)49-56(54,50-46-39(31(5)6)23-18-24-40(46)32(7)8)53-57(55,51-47-41(33(9)10)25-19-26-42(47)34(11)12)52-48-43(35(13)14)27-20-28-44(48)36(15)16/h17-36,54-55H,1-16H3. The van der Waals surface area contributed by atoms with Gasteiger partial charge in [0.15, 0.2) is 0 Å². The second-order valence-electron chi connectivity index (χ2n) is 17.9. The lowest BCUT2D eigenvalue weighted by Gasteiger charge is -2.37. The van der Waals surface area contributed by atoms with Gasteiger partial charge in [-0.3, -0.25) is 0 Å². The van der Waals surface area contributed by atoms with Crippen molar-refractivity contribution >= 4 is 40.1 Å². The molecule has 0 aliphatic heterocycles. The van der Waals surface area contributed by atoms with E-state index >= 15 is 0 Å². The fourth-order valence-electron chi connectivity index (χ4n) is 7.21. The van der Waals surface area contributed by atoms with Crippen molar-refractivity contribution in [3.8, 4) is 23.0 Å². The number of thiol groups is 2. The smallest absolute Gasteiger partial charge is 0.484 e. The third kappa shape index (κ3) is 11.3. The van der Waals surface area contributed by atoms with Gasteiger partial charge in [0, 0.05) is 0 Å². The lowest BCUT2D eigenvalue weighted by molar-refractivity contribution is 0.216. The summed E-state index contributed by atoms with van der Waals surface area (Å²) in [6.45, 7) is 34.8. The molecule has 0 aromatic heterocycles. The van der Waals surface area contributed by atoms with Crippen LogP contribution in [0.1, 0.15) is 203 Å². The van der Waals surface area contributed by atoms with E-state index < -0.39 is 15.9 Å². The maximum absolute atomic E-state index is 7.44. The predicted molar refractivity (Wildman–Crippen MR) is 252 cm³/mol. The van der Waals surface area contributed by atoms with Crippen LogP contribution in [-0.4, -0.2) is 15.9 Å². The highest BCUT2D eigenvalue weighted by atomic mass is 32.3. The minimum atomic E-state index is -4.23. The van der Waals surface area contributed by atoms with E-state index in [-0.39, 0.29) is 47.3 Å². The summed E-state index contributed by atoms with van der Waals surface area (Å²) in [5.41, 5.74) is 8.39. The van der Waals surface area contributed by atoms with Crippen LogP contribution in [-0.2, 0) is 4.12 Å². The lowest BCUT2D eigenvalue weighted by Crippen LogP contribution is -2.60. The van der Waals surface area contributed by atoms with Gasteiger partial charge in [0.25, 0.3) is 0 Å². The van der Waals surface area contributed by atoms with Gasteiger partial charge in [-0.15, -0.1) is 0 Å². The normalized spacial score (nSPS) is 12.7. The first kappa shape index (κ1) is 46.9. The van der Waals surface area contributed by atoms with Crippen molar-refractivity contribution in [2.24, 2.45) is 0 Å². The van der Waals surface area contributed by atoms with E-state index in [1.54, 1.807) is 0 Å². The molecule has 0 N–H and O–H groups in total. The second kappa shape index (κ2) is 19.5. The predicted octanol–water partition coefficient (Wildman–Crippen LogP) is 15.0. The SMILES string of the molecule is CC(C)c1cccc(C(C)C)c1O[Si](S)(Oc1c(C(C)C)cccc1C(C)C)O[Si](S)(Oc1c(C(C)C)cccc1C(C)C)Oc1c(C(C)C)cccc1C(C)C. The molecule has 0 saturated heterocycles. The van der Waals surface area contributed by atoms with Crippen molar-refractivity contribution in [1.82, 2.24) is 0 Å². The summed E-state index contributed by atoms with van der Waals surface area (Å²) in [7, 11) is -8.46. The van der Waals surface area contributed by atoms with Gasteiger partial charge in [-0.1, -0.05) is 208 Å². The quantitative estimate of drug-likeness (QED) is 0.0772. The van der Waals surface area contributed by atoms with Crippen LogP contribution in [0.25, 0.3) is 0 Å². The Hall–Kier alpha value is -2.83. The van der Waals surface area contributed by atoms with Crippen LogP contribution in [0.2, 0.25) is 0 Å². The Kier molecular flexibility index (Phi) is 16.0. The summed E-state index contributed by atoms with van der Waals surface area (Å²) < 4.78 is 36.7. The van der Waals surface area contributed by atoms with E-state index in [9.17, 15) is 0 Å². The van der Waals surface area contributed by atoms with E-state index in [4.69, 9.17) is 46.0 Å². The minimum absolute atomic E-state index is 0.156. The van der Waals surface area contributed by atoms with Crippen LogP contribution in [0.15, 0.2) is 72.8 Å². The van der Waals surface area contributed by atoms with E-state index in [1.807, 2.05) is 0 Å². The second-order valence-corrected chi connectivity index (χ2v) is 24.9. The highest BCUT2D eigenvalue weighted by Crippen LogP contribution is 2.45. The first-order chi connectivity index (χ1) is 26.6. The molecule has 0 aliphatic rings. The molecule has 0 aliphatic carbocycles. The van der Waals surface area contributed by atoms with Gasteiger partial charge in [-0.05, 0) is 91.9 Å². The summed E-state index contributed by atoms with van der Waals surface area (Å²) in [6, 6.07) is 25.4. The fraction of sp³-hybridized carbons (Fsp3) is 0.500. The van der Waals surface area contributed by atoms with Crippen molar-refractivity contribution < 1.29 is 21.8 Å². The molecule has 0 saturated carbocycles. The van der Waals surface area contributed by atoms with Crippen LogP contribution in [0.5, 0.6) is 23.0 Å². The van der Waals surface area contributed by atoms with Crippen molar-refractivity contribution in [1.29, 1.82) is 0 Å². The molecule has 5 nitrogen and oxygen atoms in total. The number of benzene rings is 4. The molecule has 0 bridgehead atoms. The highest BCUT2D eigenvalue weighted by Gasteiger charge is 2.59. The first-order valence-electron chi connectivity index (χ1n) is 21.0. The summed E-state index contributed by atoms with van der Waals surface area (Å²) in [5.74, 6) is 4.13. The summed E-state index contributed by atoms with van der Waals surface area (Å²) >= 11 is 11.0. The van der Waals surface area contributed by atoms with Gasteiger partial charge in [0.05, 0.1) is 0 Å². The molecule has 0 heterocycles. The van der Waals surface area contributed by atoms with Crippen molar-refractivity contribution in [3.05, 3.63) is 117 Å². The van der Waals surface area contributed by atoms with Gasteiger partial charge in [0.2, 0.25) is 0 Å². The molecule has 4 aromatic carbocycles. The Balaban J connectivity index is 2.11. The fourth-order valence-corrected chi connectivity index (χ4v) is 15.1. The van der Waals surface area contributed by atoms with E-state index in [0.717, 1.165) is 67.5 Å². The Morgan fingerprint density at radius 1 is 0.298 bits per heavy atom. The molecule has 0 radical (unpaired) electrons. The number of hydrogen-bond acceptors (Lipinski definition) is 7. The molecular weight excluding hydrogens is 777 g/mol. The largest absolute Gasteiger partial charge is 0.698 e. The molecule has 4 aromatic rings. The maximum Gasteiger partial charge on any atom is 0.698 e. The Bertz CT molecular complexity index is 1580. The van der Waals surface area contributed by atoms with E-state index in [1.165, 1.54) is 0 Å². The number of rotatable bonds is 18. The van der Waals surface area contributed by atoms with Gasteiger partial charge < -0.3 is 21.8 Å². The van der Waals surface area contributed by atoms with E-state index in [2.05, 4.69) is 184 Å². The average Bonchev–Trinajstić information content (AvgIpc) is 3.10. The third-order valence-electron chi connectivity index (χ3n) is 10.5. The van der Waals surface area contributed by atoms with Gasteiger partial charge in [0.1, 0.15) is 23.0 Å². The number of para-hydroxylation sites is 4. The average molecular weight is 847 g/mol. The first-order valence-corrected chi connectivity index (χ1v) is 27.0. The minimum Gasteiger partial charge on any atom is -0.484 e. The highest BCUT2D eigenvalue weighted by molar-refractivity contribution is 8.15. The molecule has 312 valence electrons. The molecule has 9 heteroatoms. The van der Waals surface area contributed by atoms with Crippen molar-refractivity contribution in [2.75, 3.05) is 0 Å². The Labute approximate surface area is 358 Å². The molecule has 4 rings (SSSR count). The molecule has 0 amide bonds.